The summed E-state index contributed by atoms with van der Waals surface area (Å²) < 4.78 is 6.98. The molecule has 26 heavy (non-hydrogen) atoms. The van der Waals surface area contributed by atoms with Gasteiger partial charge in [0.25, 0.3) is 5.91 Å². The van der Waals surface area contributed by atoms with Crippen LogP contribution in [0.3, 0.4) is 0 Å². The molecule has 7 nitrogen and oxygen atoms in total. The van der Waals surface area contributed by atoms with Crippen molar-refractivity contribution in [1.29, 1.82) is 0 Å². The molecule has 1 N–H and O–H groups in total. The van der Waals surface area contributed by atoms with Crippen molar-refractivity contribution in [2.45, 2.75) is 20.4 Å². The molecular formula is C19H16N4O3. The summed E-state index contributed by atoms with van der Waals surface area (Å²) >= 11 is 0. The van der Waals surface area contributed by atoms with Crippen molar-refractivity contribution in [3.63, 3.8) is 0 Å². The van der Waals surface area contributed by atoms with Gasteiger partial charge in [0.1, 0.15) is 11.1 Å². The summed E-state index contributed by atoms with van der Waals surface area (Å²) in [7, 11) is 0. The number of nitrogens with zero attached hydrogens (tertiary/aromatic N) is 3. The minimum absolute atomic E-state index is 0.271. The number of carbonyl (C=O) groups is 1. The molecule has 7 heteroatoms. The zero-order valence-electron chi connectivity index (χ0n) is 14.3. The Morgan fingerprint density at radius 3 is 2.85 bits per heavy atom. The van der Waals surface area contributed by atoms with Crippen LogP contribution in [0, 0.1) is 6.92 Å². The van der Waals surface area contributed by atoms with Gasteiger partial charge in [-0.05, 0) is 49.7 Å². The van der Waals surface area contributed by atoms with E-state index < -0.39 is 5.63 Å². The molecule has 4 aromatic rings. The number of fused-ring (bicyclic) bond motifs is 2. The highest BCUT2D eigenvalue weighted by atomic mass is 16.4. The van der Waals surface area contributed by atoms with Crippen LogP contribution < -0.4 is 10.9 Å². The maximum Gasteiger partial charge on any atom is 0.336 e. The second kappa shape index (κ2) is 6.11. The van der Waals surface area contributed by atoms with Crippen LogP contribution in [0.5, 0.6) is 0 Å². The Hall–Kier alpha value is -3.48. The molecule has 2 heterocycles. The summed E-state index contributed by atoms with van der Waals surface area (Å²) in [6.45, 7) is 4.54. The molecule has 0 unspecified atom stereocenters. The van der Waals surface area contributed by atoms with Crippen LogP contribution in [0.1, 0.15) is 22.8 Å². The number of hydrogen-bond acceptors (Lipinski definition) is 5. The molecule has 0 saturated carbocycles. The van der Waals surface area contributed by atoms with E-state index in [0.717, 1.165) is 16.5 Å². The Bertz CT molecular complexity index is 1210. The Morgan fingerprint density at radius 1 is 1.19 bits per heavy atom. The molecule has 0 saturated heterocycles. The fourth-order valence-electron chi connectivity index (χ4n) is 2.95. The fourth-order valence-corrected chi connectivity index (χ4v) is 2.95. The van der Waals surface area contributed by atoms with Gasteiger partial charge < -0.3 is 9.73 Å². The highest BCUT2D eigenvalue weighted by molar-refractivity contribution is 6.06. The third-order valence-electron chi connectivity index (χ3n) is 4.28. The van der Waals surface area contributed by atoms with Gasteiger partial charge in [0.05, 0.1) is 5.52 Å². The fraction of sp³-hybridized carbons (Fsp3) is 0.158. The average molecular weight is 348 g/mol. The van der Waals surface area contributed by atoms with E-state index in [4.69, 9.17) is 4.42 Å². The monoisotopic (exact) mass is 348 g/mol. The first kappa shape index (κ1) is 16.0. The Labute approximate surface area is 148 Å². The van der Waals surface area contributed by atoms with Crippen LogP contribution in [0.15, 0.2) is 51.7 Å². The lowest BCUT2D eigenvalue weighted by atomic mass is 10.1. The first-order valence-corrected chi connectivity index (χ1v) is 8.24. The van der Waals surface area contributed by atoms with Gasteiger partial charge in [-0.3, -0.25) is 4.79 Å². The molecule has 0 aliphatic heterocycles. The van der Waals surface area contributed by atoms with E-state index in [2.05, 4.69) is 15.6 Å². The molecule has 0 aliphatic rings. The van der Waals surface area contributed by atoms with Crippen molar-refractivity contribution in [1.82, 2.24) is 15.0 Å². The zero-order valence-corrected chi connectivity index (χ0v) is 14.3. The molecule has 0 atom stereocenters. The SMILES string of the molecule is CCn1nnc2cc(C(=O)Nc3ccc4c(C)cc(=O)oc4c3)ccc21. The minimum Gasteiger partial charge on any atom is -0.423 e. The van der Waals surface area contributed by atoms with Crippen molar-refractivity contribution < 1.29 is 9.21 Å². The normalized spacial score (nSPS) is 11.2. The van der Waals surface area contributed by atoms with Gasteiger partial charge in [-0.25, -0.2) is 9.48 Å². The highest BCUT2D eigenvalue weighted by Crippen LogP contribution is 2.21. The number of benzene rings is 2. The molecule has 2 aromatic heterocycles. The first-order chi connectivity index (χ1) is 12.5. The van der Waals surface area contributed by atoms with Gasteiger partial charge in [-0.2, -0.15) is 0 Å². The lowest BCUT2D eigenvalue weighted by Gasteiger charge is -2.07. The van der Waals surface area contributed by atoms with Crippen molar-refractivity contribution in [3.05, 3.63) is 64.0 Å². The van der Waals surface area contributed by atoms with Gasteiger partial charge in [0.2, 0.25) is 0 Å². The summed E-state index contributed by atoms with van der Waals surface area (Å²) in [6.07, 6.45) is 0. The van der Waals surface area contributed by atoms with Crippen LogP contribution in [-0.4, -0.2) is 20.9 Å². The second-order valence-electron chi connectivity index (χ2n) is 6.02. The van der Waals surface area contributed by atoms with Crippen molar-refractivity contribution in [3.8, 4) is 0 Å². The van der Waals surface area contributed by atoms with Gasteiger partial charge in [-0.15, -0.1) is 5.10 Å². The number of rotatable bonds is 3. The molecule has 0 bridgehead atoms. The summed E-state index contributed by atoms with van der Waals surface area (Å²) in [5.41, 5.74) is 3.43. The molecule has 0 spiro atoms. The number of hydrogen-bond donors (Lipinski definition) is 1. The number of aromatic nitrogens is 3. The van der Waals surface area contributed by atoms with Crippen LogP contribution in [0.25, 0.3) is 22.0 Å². The molecule has 0 fully saturated rings. The summed E-state index contributed by atoms with van der Waals surface area (Å²) in [4.78, 5) is 24.1. The van der Waals surface area contributed by atoms with Crippen molar-refractivity contribution in [2.75, 3.05) is 5.32 Å². The van der Waals surface area contributed by atoms with E-state index in [-0.39, 0.29) is 5.91 Å². The first-order valence-electron chi connectivity index (χ1n) is 8.24. The van der Waals surface area contributed by atoms with Gasteiger partial charge >= 0.3 is 5.63 Å². The van der Waals surface area contributed by atoms with Crippen molar-refractivity contribution in [2.24, 2.45) is 0 Å². The third-order valence-corrected chi connectivity index (χ3v) is 4.28. The summed E-state index contributed by atoms with van der Waals surface area (Å²) in [6, 6.07) is 12.0. The standard InChI is InChI=1S/C19H16N4O3/c1-3-23-16-7-4-12(9-15(16)21-22-23)19(25)20-13-5-6-14-11(2)8-18(24)26-17(14)10-13/h4-10H,3H2,1-2H3,(H,20,25). The van der Waals surface area contributed by atoms with E-state index in [9.17, 15) is 9.59 Å². The quantitative estimate of drug-likeness (QED) is 0.575. The van der Waals surface area contributed by atoms with Crippen LogP contribution in [-0.2, 0) is 6.54 Å². The predicted octanol–water partition coefficient (Wildman–Crippen LogP) is 3.12. The zero-order chi connectivity index (χ0) is 18.3. The summed E-state index contributed by atoms with van der Waals surface area (Å²) in [5.74, 6) is -0.271. The summed E-state index contributed by atoms with van der Waals surface area (Å²) in [5, 5.41) is 11.8. The Balaban J connectivity index is 1.65. The van der Waals surface area contributed by atoms with Crippen LogP contribution >= 0.6 is 0 Å². The highest BCUT2D eigenvalue weighted by Gasteiger charge is 2.11. The maximum absolute atomic E-state index is 12.5. The molecule has 0 aliphatic carbocycles. The third kappa shape index (κ3) is 2.73. The molecule has 2 aromatic carbocycles. The van der Waals surface area contributed by atoms with Crippen LogP contribution in [0.4, 0.5) is 5.69 Å². The van der Waals surface area contributed by atoms with Crippen LogP contribution in [0.2, 0.25) is 0 Å². The topological polar surface area (TPSA) is 90.0 Å². The van der Waals surface area contributed by atoms with Gasteiger partial charge in [-0.1, -0.05) is 5.21 Å². The molecule has 4 rings (SSSR count). The lowest BCUT2D eigenvalue weighted by molar-refractivity contribution is 0.102. The number of anilines is 1. The van der Waals surface area contributed by atoms with E-state index >= 15 is 0 Å². The largest absolute Gasteiger partial charge is 0.423 e. The van der Waals surface area contributed by atoms with E-state index in [0.29, 0.717) is 28.9 Å². The average Bonchev–Trinajstić information content (AvgIpc) is 3.03. The number of aryl methyl sites for hydroxylation is 2. The smallest absolute Gasteiger partial charge is 0.336 e. The van der Waals surface area contributed by atoms with Gasteiger partial charge in [0.15, 0.2) is 0 Å². The predicted molar refractivity (Wildman–Crippen MR) is 98.4 cm³/mol. The number of carbonyl (C=O) groups excluding carboxylic acids is 1. The maximum atomic E-state index is 12.5. The Kier molecular flexibility index (Phi) is 3.76. The minimum atomic E-state index is -0.414. The lowest BCUT2D eigenvalue weighted by Crippen LogP contribution is -2.12. The number of amides is 1. The van der Waals surface area contributed by atoms with E-state index in [1.807, 2.05) is 26.0 Å². The number of nitrogens with one attached hydrogen (secondary N) is 1. The Morgan fingerprint density at radius 2 is 2.04 bits per heavy atom. The molecule has 130 valence electrons. The second-order valence-corrected chi connectivity index (χ2v) is 6.02. The molecule has 1 amide bonds. The van der Waals surface area contributed by atoms with Crippen molar-refractivity contribution >= 4 is 33.6 Å². The molecular weight excluding hydrogens is 332 g/mol. The van der Waals surface area contributed by atoms with E-state index in [1.165, 1.54) is 6.07 Å². The molecule has 0 radical (unpaired) electrons. The van der Waals surface area contributed by atoms with E-state index in [1.54, 1.807) is 28.9 Å². The van der Waals surface area contributed by atoms with Gasteiger partial charge in [0, 0.05) is 35.3 Å².